The van der Waals surface area contributed by atoms with E-state index >= 15 is 0 Å². The summed E-state index contributed by atoms with van der Waals surface area (Å²) in [5, 5.41) is 0.684. The van der Waals surface area contributed by atoms with Crippen LogP contribution in [0.4, 0.5) is 0 Å². The Labute approximate surface area is 210 Å². The van der Waals surface area contributed by atoms with E-state index in [0.717, 1.165) is 22.4 Å². The number of benzene rings is 3. The molecule has 0 fully saturated rings. The number of carbonyl (C=O) groups excluding carboxylic acids is 1. The van der Waals surface area contributed by atoms with Gasteiger partial charge in [-0.15, -0.1) is 0 Å². The Morgan fingerprint density at radius 3 is 2.40 bits per heavy atom. The first kappa shape index (κ1) is 24.7. The van der Waals surface area contributed by atoms with E-state index in [0.29, 0.717) is 60.7 Å². The monoisotopic (exact) mass is 497 g/mol. The van der Waals surface area contributed by atoms with E-state index in [9.17, 15) is 4.79 Å². The van der Waals surface area contributed by atoms with Crippen LogP contribution >= 0.6 is 11.6 Å². The highest BCUT2D eigenvalue weighted by atomic mass is 35.5. The van der Waals surface area contributed by atoms with Crippen LogP contribution in [0.3, 0.4) is 0 Å². The molecule has 0 N–H and O–H groups in total. The Hall–Kier alpha value is -3.42. The van der Waals surface area contributed by atoms with Crippen LogP contribution < -0.4 is 18.9 Å². The van der Waals surface area contributed by atoms with E-state index in [-0.39, 0.29) is 5.91 Å². The van der Waals surface area contributed by atoms with Crippen LogP contribution in [0.15, 0.2) is 54.6 Å². The summed E-state index contributed by atoms with van der Waals surface area (Å²) in [7, 11) is 4.58. The highest BCUT2D eigenvalue weighted by molar-refractivity contribution is 6.31. The molecule has 0 unspecified atom stereocenters. The first-order valence-corrected chi connectivity index (χ1v) is 11.6. The van der Waals surface area contributed by atoms with Gasteiger partial charge in [0.15, 0.2) is 11.5 Å². The van der Waals surface area contributed by atoms with Gasteiger partial charge in [-0.3, -0.25) is 4.79 Å². The van der Waals surface area contributed by atoms with Gasteiger partial charge in [0, 0.05) is 22.7 Å². The van der Waals surface area contributed by atoms with Crippen molar-refractivity contribution in [3.8, 4) is 23.0 Å². The van der Waals surface area contributed by atoms with Crippen molar-refractivity contribution in [2.24, 2.45) is 0 Å². The molecule has 4 rings (SSSR count). The maximum absolute atomic E-state index is 13.4. The number of fused-ring (bicyclic) bond motifs is 1. The Morgan fingerprint density at radius 2 is 1.71 bits per heavy atom. The largest absolute Gasteiger partial charge is 0.493 e. The van der Waals surface area contributed by atoms with Gasteiger partial charge in [0.2, 0.25) is 5.75 Å². The Morgan fingerprint density at radius 1 is 0.971 bits per heavy atom. The van der Waals surface area contributed by atoms with Gasteiger partial charge >= 0.3 is 0 Å². The smallest absolute Gasteiger partial charge is 0.254 e. The number of amides is 1. The predicted octanol–water partition coefficient (Wildman–Crippen LogP) is 5.12. The van der Waals surface area contributed by atoms with Crippen LogP contribution in [0.2, 0.25) is 5.02 Å². The Balaban J connectivity index is 1.50. The van der Waals surface area contributed by atoms with Gasteiger partial charge in [-0.2, -0.15) is 0 Å². The number of methoxy groups -OCH3 is 3. The minimum absolute atomic E-state index is 0.152. The lowest BCUT2D eigenvalue weighted by atomic mass is 10.1. The molecule has 0 spiro atoms. The van der Waals surface area contributed by atoms with Gasteiger partial charge in [-0.05, 0) is 41.5 Å². The molecular weight excluding hydrogens is 470 g/mol. The molecule has 35 heavy (non-hydrogen) atoms. The number of carbonyl (C=O) groups is 1. The fourth-order valence-corrected chi connectivity index (χ4v) is 4.18. The second-order valence-electron chi connectivity index (χ2n) is 8.02. The zero-order valence-electron chi connectivity index (χ0n) is 20.0. The number of rotatable bonds is 8. The fraction of sp³-hybridized carbons (Fsp3) is 0.296. The van der Waals surface area contributed by atoms with Gasteiger partial charge in [-0.25, -0.2) is 0 Å². The zero-order chi connectivity index (χ0) is 24.8. The van der Waals surface area contributed by atoms with Crippen molar-refractivity contribution in [3.05, 3.63) is 81.9 Å². The van der Waals surface area contributed by atoms with Crippen molar-refractivity contribution in [1.82, 2.24) is 4.90 Å². The summed E-state index contributed by atoms with van der Waals surface area (Å²) in [4.78, 5) is 15.2. The summed E-state index contributed by atoms with van der Waals surface area (Å²) in [5.41, 5.74) is 3.29. The quantitative estimate of drug-likeness (QED) is 0.430. The number of hydrogen-bond donors (Lipinski definition) is 0. The zero-order valence-corrected chi connectivity index (χ0v) is 20.8. The molecule has 1 aliphatic heterocycles. The average molecular weight is 498 g/mol. The first-order valence-electron chi connectivity index (χ1n) is 11.2. The summed E-state index contributed by atoms with van der Waals surface area (Å²) >= 11 is 6.21. The lowest BCUT2D eigenvalue weighted by molar-refractivity contribution is 0.0732. The van der Waals surface area contributed by atoms with Gasteiger partial charge in [-0.1, -0.05) is 35.9 Å². The lowest BCUT2D eigenvalue weighted by Gasteiger charge is -2.21. The number of hydrogen-bond acceptors (Lipinski definition) is 6. The van der Waals surface area contributed by atoms with E-state index in [2.05, 4.69) is 0 Å². The highest BCUT2D eigenvalue weighted by Crippen LogP contribution is 2.38. The second-order valence-corrected chi connectivity index (χ2v) is 8.42. The van der Waals surface area contributed by atoms with Crippen molar-refractivity contribution in [2.75, 3.05) is 34.5 Å². The van der Waals surface area contributed by atoms with Gasteiger partial charge in [0.25, 0.3) is 5.91 Å². The molecule has 1 aliphatic rings. The van der Waals surface area contributed by atoms with Crippen LogP contribution in [0, 0.1) is 0 Å². The van der Waals surface area contributed by atoms with Crippen LogP contribution in [-0.2, 0) is 24.5 Å². The molecule has 0 bridgehead atoms. The van der Waals surface area contributed by atoms with Crippen LogP contribution in [-0.4, -0.2) is 45.3 Å². The second kappa shape index (κ2) is 11.3. The standard InChI is InChI=1S/C27H28ClNO6/c1-31-24-13-20(14-25(32-2)26(24)33-3)27(30)29-10-11-35-23-9-8-18(12-21(23)15-29)16-34-17-19-6-4-5-7-22(19)28/h4-9,12-14H,10-11,15-17H2,1-3H3. The van der Waals surface area contributed by atoms with E-state index in [1.807, 2.05) is 42.5 Å². The number of halogens is 1. The minimum Gasteiger partial charge on any atom is -0.493 e. The summed E-state index contributed by atoms with van der Waals surface area (Å²) in [5.74, 6) is 1.91. The van der Waals surface area contributed by atoms with Crippen molar-refractivity contribution >= 4 is 17.5 Å². The van der Waals surface area contributed by atoms with E-state index < -0.39 is 0 Å². The molecule has 184 valence electrons. The third-order valence-corrected chi connectivity index (χ3v) is 6.16. The molecular formula is C27H28ClNO6. The molecule has 7 nitrogen and oxygen atoms in total. The van der Waals surface area contributed by atoms with Gasteiger partial charge in [0.05, 0.1) is 41.1 Å². The average Bonchev–Trinajstić information content (AvgIpc) is 3.10. The maximum atomic E-state index is 13.4. The SMILES string of the molecule is COc1cc(C(=O)N2CCOc3ccc(COCc4ccccc4Cl)cc3C2)cc(OC)c1OC. The molecule has 0 radical (unpaired) electrons. The molecule has 0 aromatic heterocycles. The molecule has 0 saturated heterocycles. The molecule has 0 atom stereocenters. The summed E-state index contributed by atoms with van der Waals surface area (Å²) in [6, 6.07) is 16.9. The maximum Gasteiger partial charge on any atom is 0.254 e. The van der Waals surface area contributed by atoms with Crippen molar-refractivity contribution in [3.63, 3.8) is 0 Å². The van der Waals surface area contributed by atoms with E-state index in [1.54, 1.807) is 17.0 Å². The third-order valence-electron chi connectivity index (χ3n) is 5.79. The lowest BCUT2D eigenvalue weighted by Crippen LogP contribution is -2.32. The summed E-state index contributed by atoms with van der Waals surface area (Å²) in [6.07, 6.45) is 0. The molecule has 1 amide bonds. The van der Waals surface area contributed by atoms with Crippen molar-refractivity contribution < 1.29 is 28.5 Å². The summed E-state index contributed by atoms with van der Waals surface area (Å²) < 4.78 is 28.0. The number of nitrogens with zero attached hydrogens (tertiary/aromatic N) is 1. The predicted molar refractivity (Wildman–Crippen MR) is 133 cm³/mol. The van der Waals surface area contributed by atoms with Crippen molar-refractivity contribution in [1.29, 1.82) is 0 Å². The van der Waals surface area contributed by atoms with Gasteiger partial charge in [0.1, 0.15) is 12.4 Å². The third kappa shape index (κ3) is 5.63. The molecule has 0 aliphatic carbocycles. The Bertz CT molecular complexity index is 1170. The van der Waals surface area contributed by atoms with E-state index in [1.165, 1.54) is 21.3 Å². The van der Waals surface area contributed by atoms with Crippen LogP contribution in [0.1, 0.15) is 27.0 Å². The van der Waals surface area contributed by atoms with Crippen molar-refractivity contribution in [2.45, 2.75) is 19.8 Å². The first-order chi connectivity index (χ1) is 17.0. The molecule has 3 aromatic carbocycles. The van der Waals surface area contributed by atoms with Gasteiger partial charge < -0.3 is 28.6 Å². The minimum atomic E-state index is -0.152. The molecule has 3 aromatic rings. The normalized spacial score (nSPS) is 12.9. The molecule has 1 heterocycles. The molecule has 8 heteroatoms. The summed E-state index contributed by atoms with van der Waals surface area (Å²) in [6.45, 7) is 2.08. The number of ether oxygens (including phenoxy) is 5. The fourth-order valence-electron chi connectivity index (χ4n) is 3.99. The Kier molecular flexibility index (Phi) is 8.00. The van der Waals surface area contributed by atoms with Crippen LogP contribution in [0.25, 0.3) is 0 Å². The molecule has 0 saturated carbocycles. The van der Waals surface area contributed by atoms with Crippen LogP contribution in [0.5, 0.6) is 23.0 Å². The van der Waals surface area contributed by atoms with E-state index in [4.69, 9.17) is 35.3 Å². The highest BCUT2D eigenvalue weighted by Gasteiger charge is 2.24. The topological polar surface area (TPSA) is 66.5 Å².